The van der Waals surface area contributed by atoms with Crippen molar-refractivity contribution in [2.45, 2.75) is 47.3 Å². The smallest absolute Gasteiger partial charge is 0.272 e. The van der Waals surface area contributed by atoms with Crippen LogP contribution < -0.4 is 10.6 Å². The zero-order chi connectivity index (χ0) is 22.1. The number of nitrogens with one attached hydrogen (secondary N) is 2. The zero-order valence-electron chi connectivity index (χ0n) is 18.2. The Hall–Kier alpha value is -3.00. The number of carbonyl (C=O) groups excluding carboxylic acids is 3. The van der Waals surface area contributed by atoms with Crippen LogP contribution in [-0.2, 0) is 17.9 Å². The van der Waals surface area contributed by atoms with Crippen LogP contribution in [0.4, 0.5) is 0 Å². The summed E-state index contributed by atoms with van der Waals surface area (Å²) in [6.07, 6.45) is 0. The summed E-state index contributed by atoms with van der Waals surface area (Å²) in [6, 6.07) is 8.18. The molecule has 1 aliphatic rings. The summed E-state index contributed by atoms with van der Waals surface area (Å²) in [4.78, 5) is 45.1. The molecule has 0 fully saturated rings. The summed E-state index contributed by atoms with van der Waals surface area (Å²) in [5.41, 5.74) is 0.910. The minimum atomic E-state index is -0.734. The molecule has 2 heterocycles. The number of likely N-dealkylation sites (N-methyl/N-ethyl adjacent to an activating group) is 2. The maximum atomic E-state index is 13.2. The van der Waals surface area contributed by atoms with Gasteiger partial charge in [-0.2, -0.15) is 0 Å². The van der Waals surface area contributed by atoms with Crippen molar-refractivity contribution in [1.82, 2.24) is 25.1 Å². The Morgan fingerprint density at radius 1 is 1.10 bits per heavy atom. The van der Waals surface area contributed by atoms with E-state index in [-0.39, 0.29) is 30.6 Å². The second kappa shape index (κ2) is 9.43. The predicted molar refractivity (Wildman–Crippen MR) is 120 cm³/mol. The monoisotopic (exact) mass is 427 g/mol. The lowest BCUT2D eigenvalue weighted by atomic mass is 9.86. The van der Waals surface area contributed by atoms with Gasteiger partial charge in [0.05, 0.1) is 5.69 Å². The van der Waals surface area contributed by atoms with E-state index in [2.05, 4.69) is 20.5 Å². The normalized spacial score (nSPS) is 14.7. The highest BCUT2D eigenvalue weighted by Crippen LogP contribution is 2.23. The molecule has 168 valence electrons. The van der Waals surface area contributed by atoms with Gasteiger partial charge in [-0.05, 0) is 12.5 Å². The molecule has 2 amide bonds. The van der Waals surface area contributed by atoms with Crippen LogP contribution in [0.25, 0.3) is 0 Å². The second-order valence-electron chi connectivity index (χ2n) is 8.70. The highest BCUT2D eigenvalue weighted by Gasteiger charge is 2.35. The molecule has 0 spiro atoms. The van der Waals surface area contributed by atoms with Crippen LogP contribution in [0.3, 0.4) is 0 Å². The first-order valence-corrected chi connectivity index (χ1v) is 10.0. The van der Waals surface area contributed by atoms with Gasteiger partial charge in [0.2, 0.25) is 11.7 Å². The summed E-state index contributed by atoms with van der Waals surface area (Å²) >= 11 is 0. The number of ketones is 1. The Bertz CT molecular complexity index is 960. The lowest BCUT2D eigenvalue weighted by molar-refractivity contribution is -0.124. The van der Waals surface area contributed by atoms with E-state index in [1.54, 1.807) is 24.3 Å². The first-order valence-electron chi connectivity index (χ1n) is 10.0. The number of benzene rings is 1. The Balaban J connectivity index is 0.00000341. The molecule has 0 saturated heterocycles. The van der Waals surface area contributed by atoms with Gasteiger partial charge in [0.1, 0.15) is 6.04 Å². The van der Waals surface area contributed by atoms with Crippen molar-refractivity contribution >= 4 is 17.6 Å². The molecule has 2 aromatic rings. The van der Waals surface area contributed by atoms with Crippen LogP contribution >= 0.6 is 0 Å². The molecule has 0 aliphatic carbocycles. The fourth-order valence-electron chi connectivity index (χ4n) is 3.59. The summed E-state index contributed by atoms with van der Waals surface area (Å²) in [6.45, 7) is 7.47. The van der Waals surface area contributed by atoms with Crippen LogP contribution in [0.2, 0.25) is 0 Å². The molecular formula is C23H33N5O3. The quantitative estimate of drug-likeness (QED) is 0.713. The van der Waals surface area contributed by atoms with E-state index in [4.69, 9.17) is 0 Å². The van der Waals surface area contributed by atoms with Crippen molar-refractivity contribution in [3.05, 3.63) is 53.1 Å². The first-order chi connectivity index (χ1) is 14.1. The molecule has 31 heavy (non-hydrogen) atoms. The zero-order valence-corrected chi connectivity index (χ0v) is 18.2. The average molecular weight is 428 g/mol. The van der Waals surface area contributed by atoms with Gasteiger partial charge in [0.25, 0.3) is 5.91 Å². The van der Waals surface area contributed by atoms with E-state index in [1.807, 2.05) is 38.5 Å². The number of nitrogens with zero attached hydrogens (tertiary/aromatic N) is 3. The number of fused-ring (bicyclic) bond motifs is 1. The molecule has 3 rings (SSSR count). The fourth-order valence-corrected chi connectivity index (χ4v) is 3.59. The average Bonchev–Trinajstić information content (AvgIpc) is 3.09. The number of amides is 2. The van der Waals surface area contributed by atoms with Gasteiger partial charge in [0.15, 0.2) is 11.5 Å². The largest absolute Gasteiger partial charge is 0.357 e. The topological polar surface area (TPSA) is 96.3 Å². The molecule has 1 aliphatic heterocycles. The lowest BCUT2D eigenvalue weighted by Crippen LogP contribution is -2.53. The maximum absolute atomic E-state index is 13.2. The molecule has 0 radical (unpaired) electrons. The van der Waals surface area contributed by atoms with Crippen molar-refractivity contribution in [2.24, 2.45) is 5.41 Å². The number of rotatable bonds is 5. The summed E-state index contributed by atoms with van der Waals surface area (Å²) in [5.74, 6) is -0.702. The third kappa shape index (κ3) is 5.02. The van der Waals surface area contributed by atoms with Crippen molar-refractivity contribution < 1.29 is 14.4 Å². The van der Waals surface area contributed by atoms with Crippen molar-refractivity contribution in [1.29, 1.82) is 0 Å². The molecule has 1 aromatic carbocycles. The van der Waals surface area contributed by atoms with Gasteiger partial charge in [0, 0.05) is 32.2 Å². The second-order valence-corrected chi connectivity index (χ2v) is 8.70. The molecule has 1 aromatic heterocycles. The highest BCUT2D eigenvalue weighted by molar-refractivity contribution is 6.08. The molecule has 2 N–H and O–H groups in total. The van der Waals surface area contributed by atoms with E-state index >= 15 is 0 Å². The minimum Gasteiger partial charge on any atom is -0.357 e. The van der Waals surface area contributed by atoms with E-state index in [0.717, 1.165) is 6.54 Å². The van der Waals surface area contributed by atoms with Crippen LogP contribution in [0.1, 0.15) is 60.6 Å². The van der Waals surface area contributed by atoms with E-state index in [1.165, 1.54) is 7.05 Å². The van der Waals surface area contributed by atoms with E-state index in [9.17, 15) is 14.4 Å². The summed E-state index contributed by atoms with van der Waals surface area (Å²) in [5, 5.41) is 5.43. The SMILES string of the molecule is C.CNC(=O)[C@@H](NC(=O)c1nc(C(=O)c2ccccc2)n2c1CN(C)CC2)C(C)(C)C. The number of aromatic nitrogens is 2. The van der Waals surface area contributed by atoms with E-state index < -0.39 is 17.4 Å². The van der Waals surface area contributed by atoms with Crippen LogP contribution in [0.5, 0.6) is 0 Å². The van der Waals surface area contributed by atoms with Gasteiger partial charge in [-0.3, -0.25) is 19.3 Å². The van der Waals surface area contributed by atoms with Crippen LogP contribution in [-0.4, -0.2) is 58.7 Å². The highest BCUT2D eigenvalue weighted by atomic mass is 16.2. The van der Waals surface area contributed by atoms with Gasteiger partial charge in [-0.1, -0.05) is 58.5 Å². The lowest BCUT2D eigenvalue weighted by Gasteiger charge is -2.30. The Labute approximate surface area is 184 Å². The molecule has 0 bridgehead atoms. The third-order valence-electron chi connectivity index (χ3n) is 5.30. The fraction of sp³-hybridized carbons (Fsp3) is 0.478. The van der Waals surface area contributed by atoms with Crippen LogP contribution in [0.15, 0.2) is 30.3 Å². The standard InChI is InChI=1S/C22H29N5O3.CH4/c1-22(2,3)18(21(30)23-4)25-20(29)16-15-13-26(5)11-12-27(15)19(24-16)17(28)14-9-7-6-8-10-14;/h6-10,18H,11-13H2,1-5H3,(H,23,30)(H,25,29);1H4/t18-;/m1./s1. The molecular weight excluding hydrogens is 394 g/mol. The summed E-state index contributed by atoms with van der Waals surface area (Å²) < 4.78 is 1.83. The minimum absolute atomic E-state index is 0. The van der Waals surface area contributed by atoms with Gasteiger partial charge in [-0.25, -0.2) is 4.98 Å². The number of hydrogen-bond donors (Lipinski definition) is 2. The molecule has 0 unspecified atom stereocenters. The van der Waals surface area contributed by atoms with Crippen molar-refractivity contribution in [3.63, 3.8) is 0 Å². The summed E-state index contributed by atoms with van der Waals surface area (Å²) in [7, 11) is 3.50. The Morgan fingerprint density at radius 3 is 2.32 bits per heavy atom. The molecule has 0 saturated carbocycles. The first kappa shape index (κ1) is 24.3. The molecule has 8 heteroatoms. The van der Waals surface area contributed by atoms with E-state index in [0.29, 0.717) is 24.3 Å². The molecule has 8 nitrogen and oxygen atoms in total. The predicted octanol–water partition coefficient (Wildman–Crippen LogP) is 2.09. The maximum Gasteiger partial charge on any atom is 0.272 e. The van der Waals surface area contributed by atoms with Gasteiger partial charge in [-0.15, -0.1) is 0 Å². The third-order valence-corrected chi connectivity index (χ3v) is 5.30. The van der Waals surface area contributed by atoms with Crippen molar-refractivity contribution in [2.75, 3.05) is 20.6 Å². The number of carbonyl (C=O) groups is 3. The number of imidazole rings is 1. The van der Waals surface area contributed by atoms with Crippen molar-refractivity contribution in [3.8, 4) is 0 Å². The van der Waals surface area contributed by atoms with Crippen LogP contribution in [0, 0.1) is 5.41 Å². The number of hydrogen-bond acceptors (Lipinski definition) is 5. The Morgan fingerprint density at radius 2 is 1.74 bits per heavy atom. The van der Waals surface area contributed by atoms with Gasteiger partial charge < -0.3 is 15.2 Å². The Kier molecular flexibility index (Phi) is 7.38. The molecule has 1 atom stereocenters. The van der Waals surface area contributed by atoms with Gasteiger partial charge >= 0.3 is 0 Å².